The molecule has 4 nitrogen and oxygen atoms in total. The summed E-state index contributed by atoms with van der Waals surface area (Å²) in [6.45, 7) is 3.18. The van der Waals surface area contributed by atoms with E-state index in [0.717, 1.165) is 49.2 Å². The molecule has 0 bridgehead atoms. The molecule has 0 atom stereocenters. The molecule has 1 fully saturated rings. The van der Waals surface area contributed by atoms with Crippen LogP contribution in [0.2, 0.25) is 0 Å². The fraction of sp³-hybridized carbons (Fsp3) is 0.250. The van der Waals surface area contributed by atoms with Crippen molar-refractivity contribution in [3.8, 4) is 11.1 Å². The summed E-state index contributed by atoms with van der Waals surface area (Å²) >= 11 is 0. The highest BCUT2D eigenvalue weighted by molar-refractivity contribution is 7.89. The normalized spacial score (nSPS) is 15.2. The summed E-state index contributed by atoms with van der Waals surface area (Å²) in [5, 5.41) is 0. The largest absolute Gasteiger partial charge is 0.299 e. The zero-order valence-corrected chi connectivity index (χ0v) is 21.9. The topological polar surface area (TPSA) is 40.6 Å². The van der Waals surface area contributed by atoms with E-state index >= 15 is 0 Å². The van der Waals surface area contributed by atoms with Crippen LogP contribution in [0.3, 0.4) is 0 Å². The maximum absolute atomic E-state index is 14.0. The number of benzene rings is 4. The minimum Gasteiger partial charge on any atom is -0.299 e. The molecule has 4 aromatic rings. The second-order valence-corrected chi connectivity index (χ2v) is 11.6. The third-order valence-electron chi connectivity index (χ3n) is 7.25. The fourth-order valence-electron chi connectivity index (χ4n) is 5.18. The van der Waals surface area contributed by atoms with E-state index in [1.807, 2.05) is 66.7 Å². The third kappa shape index (κ3) is 6.37. The number of hydrogen-bond donors (Lipinski definition) is 0. The molecule has 0 spiro atoms. The lowest BCUT2D eigenvalue weighted by atomic mass is 10.0. The monoisotopic (exact) mass is 510 g/mol. The first kappa shape index (κ1) is 25.4. The molecule has 190 valence electrons. The van der Waals surface area contributed by atoms with Crippen LogP contribution in [0.5, 0.6) is 0 Å². The van der Waals surface area contributed by atoms with E-state index in [4.69, 9.17) is 0 Å². The molecule has 0 aromatic heterocycles. The summed E-state index contributed by atoms with van der Waals surface area (Å²) < 4.78 is 29.7. The Hall–Kier alpha value is -3.25. The van der Waals surface area contributed by atoms with Gasteiger partial charge < -0.3 is 0 Å². The highest BCUT2D eigenvalue weighted by Gasteiger charge is 2.33. The smallest absolute Gasteiger partial charge is 0.243 e. The number of piperidine rings is 1. The highest BCUT2D eigenvalue weighted by atomic mass is 32.2. The van der Waals surface area contributed by atoms with Crippen molar-refractivity contribution in [2.24, 2.45) is 0 Å². The highest BCUT2D eigenvalue weighted by Crippen LogP contribution is 2.28. The van der Waals surface area contributed by atoms with Gasteiger partial charge in [0, 0.05) is 32.2 Å². The van der Waals surface area contributed by atoms with E-state index in [0.29, 0.717) is 17.9 Å². The predicted molar refractivity (Wildman–Crippen MR) is 151 cm³/mol. The second-order valence-electron chi connectivity index (χ2n) is 9.73. The van der Waals surface area contributed by atoms with E-state index in [-0.39, 0.29) is 6.04 Å². The summed E-state index contributed by atoms with van der Waals surface area (Å²) in [4.78, 5) is 2.80. The fourth-order valence-corrected chi connectivity index (χ4v) is 6.86. The average molecular weight is 511 g/mol. The Morgan fingerprint density at radius 3 is 1.76 bits per heavy atom. The van der Waals surface area contributed by atoms with Crippen molar-refractivity contribution in [3.05, 3.63) is 126 Å². The van der Waals surface area contributed by atoms with Crippen LogP contribution in [-0.2, 0) is 23.0 Å². The lowest BCUT2D eigenvalue weighted by Crippen LogP contribution is -2.47. The van der Waals surface area contributed by atoms with Gasteiger partial charge in [-0.1, -0.05) is 103 Å². The van der Waals surface area contributed by atoms with E-state index < -0.39 is 10.0 Å². The molecule has 1 aliphatic heterocycles. The summed E-state index contributed by atoms with van der Waals surface area (Å²) in [5.41, 5.74) is 4.56. The Morgan fingerprint density at radius 2 is 1.16 bits per heavy atom. The van der Waals surface area contributed by atoms with Crippen LogP contribution < -0.4 is 0 Å². The molecule has 0 aliphatic carbocycles. The molecule has 1 heterocycles. The van der Waals surface area contributed by atoms with E-state index in [1.54, 1.807) is 16.4 Å². The van der Waals surface area contributed by atoms with Crippen LogP contribution in [0.1, 0.15) is 24.0 Å². The van der Waals surface area contributed by atoms with Crippen molar-refractivity contribution in [2.75, 3.05) is 19.6 Å². The van der Waals surface area contributed by atoms with Crippen molar-refractivity contribution >= 4 is 10.0 Å². The Kier molecular flexibility index (Phi) is 8.15. The van der Waals surface area contributed by atoms with Gasteiger partial charge in [0.15, 0.2) is 0 Å². The molecule has 5 heteroatoms. The molecule has 1 saturated heterocycles. The van der Waals surface area contributed by atoms with Crippen LogP contribution in [0.4, 0.5) is 0 Å². The van der Waals surface area contributed by atoms with Crippen molar-refractivity contribution in [1.82, 2.24) is 9.21 Å². The van der Waals surface area contributed by atoms with Gasteiger partial charge in [-0.2, -0.15) is 4.31 Å². The predicted octanol–water partition coefficient (Wildman–Crippen LogP) is 6.25. The average Bonchev–Trinajstić information content (AvgIpc) is 2.96. The Labute approximate surface area is 221 Å². The van der Waals surface area contributed by atoms with Gasteiger partial charge in [0.25, 0.3) is 0 Å². The van der Waals surface area contributed by atoms with Crippen LogP contribution in [-0.4, -0.2) is 43.3 Å². The first-order valence-electron chi connectivity index (χ1n) is 13.1. The molecule has 37 heavy (non-hydrogen) atoms. The number of sulfonamides is 1. The van der Waals surface area contributed by atoms with Crippen molar-refractivity contribution in [3.63, 3.8) is 0 Å². The van der Waals surface area contributed by atoms with Crippen molar-refractivity contribution in [2.45, 2.75) is 36.7 Å². The van der Waals surface area contributed by atoms with Gasteiger partial charge in [0.1, 0.15) is 0 Å². The maximum Gasteiger partial charge on any atom is 0.243 e. The molecule has 0 unspecified atom stereocenters. The third-order valence-corrected chi connectivity index (χ3v) is 9.21. The van der Waals surface area contributed by atoms with Crippen LogP contribution >= 0.6 is 0 Å². The molecule has 1 aliphatic rings. The Bertz CT molecular complexity index is 1350. The molecular formula is C32H34N2O2S. The van der Waals surface area contributed by atoms with E-state index in [1.165, 1.54) is 5.56 Å². The Morgan fingerprint density at radius 1 is 0.649 bits per heavy atom. The summed E-state index contributed by atoms with van der Waals surface area (Å²) in [6, 6.07) is 38.1. The number of nitrogens with zero attached hydrogens (tertiary/aromatic N) is 2. The first-order chi connectivity index (χ1) is 18.1. The van der Waals surface area contributed by atoms with Gasteiger partial charge in [-0.05, 0) is 53.6 Å². The molecular weight excluding hydrogens is 476 g/mol. The standard InChI is InChI=1S/C32H34N2O2S/c35-37(36,32-18-16-30(17-19-32)29-14-8-3-9-15-29)34(25-20-27-10-4-1-5-11-27)31-21-23-33(24-22-31)26-28-12-6-2-7-13-28/h1-19,31H,20-26H2. The van der Waals surface area contributed by atoms with Gasteiger partial charge in [-0.3, -0.25) is 4.90 Å². The zero-order chi connectivity index (χ0) is 25.5. The summed E-state index contributed by atoms with van der Waals surface area (Å²) in [6.07, 6.45) is 2.37. The SMILES string of the molecule is O=S(=O)(c1ccc(-c2ccccc2)cc1)N(CCc1ccccc1)C1CCN(Cc2ccccc2)CC1. The zero-order valence-electron chi connectivity index (χ0n) is 21.1. The molecule has 0 saturated carbocycles. The molecule has 5 rings (SSSR count). The molecule has 0 radical (unpaired) electrons. The quantitative estimate of drug-likeness (QED) is 0.267. The number of likely N-dealkylation sites (tertiary alicyclic amines) is 1. The van der Waals surface area contributed by atoms with Crippen LogP contribution in [0.25, 0.3) is 11.1 Å². The van der Waals surface area contributed by atoms with Gasteiger partial charge >= 0.3 is 0 Å². The van der Waals surface area contributed by atoms with E-state index in [9.17, 15) is 8.42 Å². The van der Waals surface area contributed by atoms with Crippen molar-refractivity contribution < 1.29 is 8.42 Å². The van der Waals surface area contributed by atoms with Crippen molar-refractivity contribution in [1.29, 1.82) is 0 Å². The van der Waals surface area contributed by atoms with Crippen LogP contribution in [0.15, 0.2) is 120 Å². The summed E-state index contributed by atoms with van der Waals surface area (Å²) in [5.74, 6) is 0. The maximum atomic E-state index is 14.0. The first-order valence-corrected chi connectivity index (χ1v) is 14.5. The van der Waals surface area contributed by atoms with Gasteiger partial charge in [-0.15, -0.1) is 0 Å². The lowest BCUT2D eigenvalue weighted by Gasteiger charge is -2.38. The molecule has 0 N–H and O–H groups in total. The van der Waals surface area contributed by atoms with E-state index in [2.05, 4.69) is 41.3 Å². The Balaban J connectivity index is 1.34. The minimum absolute atomic E-state index is 0.00506. The molecule has 0 amide bonds. The summed E-state index contributed by atoms with van der Waals surface area (Å²) in [7, 11) is -3.63. The van der Waals surface area contributed by atoms with Gasteiger partial charge in [-0.25, -0.2) is 8.42 Å². The lowest BCUT2D eigenvalue weighted by molar-refractivity contribution is 0.154. The second kappa shape index (κ2) is 11.9. The van der Waals surface area contributed by atoms with Crippen LogP contribution in [0, 0.1) is 0 Å². The minimum atomic E-state index is -3.63. The number of rotatable bonds is 9. The van der Waals surface area contributed by atoms with Gasteiger partial charge in [0.2, 0.25) is 10.0 Å². The van der Waals surface area contributed by atoms with Gasteiger partial charge in [0.05, 0.1) is 4.90 Å². The molecule has 4 aromatic carbocycles. The number of hydrogen-bond acceptors (Lipinski definition) is 3.